The highest BCUT2D eigenvalue weighted by atomic mass is 32.2. The van der Waals surface area contributed by atoms with Gasteiger partial charge in [-0.25, -0.2) is 8.42 Å². The number of piperidine rings is 1. The molecule has 6 nitrogen and oxygen atoms in total. The highest BCUT2D eigenvalue weighted by molar-refractivity contribution is 7.92. The minimum Gasteiger partial charge on any atom is -0.338 e. The summed E-state index contributed by atoms with van der Waals surface area (Å²) in [6, 6.07) is 5.16. The van der Waals surface area contributed by atoms with Crippen molar-refractivity contribution in [2.24, 2.45) is 5.92 Å². The van der Waals surface area contributed by atoms with E-state index in [1.807, 2.05) is 18.9 Å². The Bertz CT molecular complexity index is 671. The van der Waals surface area contributed by atoms with Crippen molar-refractivity contribution in [2.75, 3.05) is 37.7 Å². The van der Waals surface area contributed by atoms with Crippen LogP contribution in [0.15, 0.2) is 18.2 Å². The number of anilines is 1. The molecule has 1 saturated heterocycles. The van der Waals surface area contributed by atoms with Gasteiger partial charge in [0.05, 0.1) is 11.9 Å². The SMILES string of the molecule is CNCC1CCCN(C(=O)c2ccc(C)c(NS(C)(=O)=O)c2)C1. The van der Waals surface area contributed by atoms with E-state index in [-0.39, 0.29) is 5.91 Å². The zero-order valence-electron chi connectivity index (χ0n) is 13.9. The van der Waals surface area contributed by atoms with Crippen molar-refractivity contribution in [3.05, 3.63) is 29.3 Å². The van der Waals surface area contributed by atoms with Crippen molar-refractivity contribution < 1.29 is 13.2 Å². The van der Waals surface area contributed by atoms with Gasteiger partial charge in [0, 0.05) is 18.7 Å². The summed E-state index contributed by atoms with van der Waals surface area (Å²) in [5.74, 6) is 0.430. The van der Waals surface area contributed by atoms with Crippen LogP contribution in [-0.2, 0) is 10.0 Å². The number of hydrogen-bond donors (Lipinski definition) is 2. The van der Waals surface area contributed by atoms with Crippen LogP contribution in [0.1, 0.15) is 28.8 Å². The standard InChI is InChI=1S/C16H25N3O3S/c1-12-6-7-14(9-15(12)18-23(3,21)22)16(20)19-8-4-5-13(11-19)10-17-2/h6-7,9,13,17-18H,4-5,8,10-11H2,1-3H3. The van der Waals surface area contributed by atoms with Gasteiger partial charge in [-0.05, 0) is 57.0 Å². The van der Waals surface area contributed by atoms with Gasteiger partial charge in [-0.15, -0.1) is 0 Å². The molecule has 1 aliphatic rings. The van der Waals surface area contributed by atoms with Crippen molar-refractivity contribution >= 4 is 21.6 Å². The number of carbonyl (C=O) groups is 1. The van der Waals surface area contributed by atoms with Gasteiger partial charge in [-0.2, -0.15) is 0 Å². The van der Waals surface area contributed by atoms with Crippen molar-refractivity contribution in [1.29, 1.82) is 0 Å². The first kappa shape index (κ1) is 17.7. The van der Waals surface area contributed by atoms with Gasteiger partial charge in [-0.3, -0.25) is 9.52 Å². The minimum absolute atomic E-state index is 0.0395. The molecule has 7 heteroatoms. The Hall–Kier alpha value is -1.60. The third-order valence-corrected chi connectivity index (χ3v) is 4.67. The first-order chi connectivity index (χ1) is 10.8. The first-order valence-corrected chi connectivity index (χ1v) is 9.71. The lowest BCUT2D eigenvalue weighted by molar-refractivity contribution is 0.0674. The molecule has 0 aromatic heterocycles. The van der Waals surface area contributed by atoms with Gasteiger partial charge >= 0.3 is 0 Å². The van der Waals surface area contributed by atoms with Crippen molar-refractivity contribution in [1.82, 2.24) is 10.2 Å². The molecule has 1 fully saturated rings. The van der Waals surface area contributed by atoms with Crippen molar-refractivity contribution in [2.45, 2.75) is 19.8 Å². The normalized spacial score (nSPS) is 18.7. The van der Waals surface area contributed by atoms with Crippen LogP contribution in [0, 0.1) is 12.8 Å². The van der Waals surface area contributed by atoms with Crippen LogP contribution < -0.4 is 10.0 Å². The van der Waals surface area contributed by atoms with Gasteiger partial charge in [0.2, 0.25) is 10.0 Å². The van der Waals surface area contributed by atoms with Crippen LogP contribution in [0.4, 0.5) is 5.69 Å². The Kier molecular flexibility index (Phi) is 5.64. The molecule has 0 radical (unpaired) electrons. The topological polar surface area (TPSA) is 78.5 Å². The van der Waals surface area contributed by atoms with E-state index < -0.39 is 10.0 Å². The predicted octanol–water partition coefficient (Wildman–Crippen LogP) is 1.44. The minimum atomic E-state index is -3.37. The number of sulfonamides is 1. The van der Waals surface area contributed by atoms with Gasteiger partial charge in [-0.1, -0.05) is 6.07 Å². The molecule has 1 aromatic rings. The zero-order chi connectivity index (χ0) is 17.0. The van der Waals surface area contributed by atoms with E-state index in [9.17, 15) is 13.2 Å². The number of likely N-dealkylation sites (tertiary alicyclic amines) is 1. The summed E-state index contributed by atoms with van der Waals surface area (Å²) < 4.78 is 25.3. The maximum atomic E-state index is 12.7. The molecule has 128 valence electrons. The fraction of sp³-hybridized carbons (Fsp3) is 0.562. The molecule has 1 aromatic carbocycles. The molecule has 1 amide bonds. The number of amides is 1. The summed E-state index contributed by atoms with van der Waals surface area (Å²) in [7, 11) is -1.45. The number of benzene rings is 1. The van der Waals surface area contributed by atoms with Crippen molar-refractivity contribution in [3.63, 3.8) is 0 Å². The second-order valence-corrected chi connectivity index (χ2v) is 7.97. The first-order valence-electron chi connectivity index (χ1n) is 7.82. The van der Waals surface area contributed by atoms with E-state index >= 15 is 0 Å². The Morgan fingerprint density at radius 3 is 2.78 bits per heavy atom. The fourth-order valence-electron chi connectivity index (χ4n) is 2.95. The molecular formula is C16H25N3O3S. The molecule has 0 spiro atoms. The smallest absolute Gasteiger partial charge is 0.253 e. The molecule has 0 aliphatic carbocycles. The molecule has 2 N–H and O–H groups in total. The van der Waals surface area contributed by atoms with Crippen LogP contribution in [0.5, 0.6) is 0 Å². The number of nitrogens with zero attached hydrogens (tertiary/aromatic N) is 1. The Balaban J connectivity index is 2.17. The lowest BCUT2D eigenvalue weighted by Crippen LogP contribution is -2.42. The molecule has 1 aliphatic heterocycles. The number of hydrogen-bond acceptors (Lipinski definition) is 4. The molecule has 2 rings (SSSR count). The average Bonchev–Trinajstić information content (AvgIpc) is 2.48. The van der Waals surface area contributed by atoms with Crippen LogP contribution in [0.25, 0.3) is 0 Å². The molecule has 1 atom stereocenters. The summed E-state index contributed by atoms with van der Waals surface area (Å²) in [5.41, 5.74) is 1.77. The van der Waals surface area contributed by atoms with Gasteiger partial charge in [0.1, 0.15) is 0 Å². The number of rotatable bonds is 5. The van der Waals surface area contributed by atoms with E-state index in [1.54, 1.807) is 18.2 Å². The maximum Gasteiger partial charge on any atom is 0.253 e. The second-order valence-electron chi connectivity index (χ2n) is 6.22. The molecule has 1 heterocycles. The molecule has 1 unspecified atom stereocenters. The summed E-state index contributed by atoms with van der Waals surface area (Å²) >= 11 is 0. The summed E-state index contributed by atoms with van der Waals surface area (Å²) in [5, 5.41) is 3.16. The van der Waals surface area contributed by atoms with Crippen LogP contribution in [-0.4, -0.2) is 52.2 Å². The van der Waals surface area contributed by atoms with Crippen LogP contribution >= 0.6 is 0 Å². The zero-order valence-corrected chi connectivity index (χ0v) is 14.7. The molecule has 0 saturated carbocycles. The Morgan fingerprint density at radius 2 is 2.13 bits per heavy atom. The highest BCUT2D eigenvalue weighted by Crippen LogP contribution is 2.22. The quantitative estimate of drug-likeness (QED) is 0.851. The monoisotopic (exact) mass is 339 g/mol. The van der Waals surface area contributed by atoms with Crippen LogP contribution in [0.3, 0.4) is 0 Å². The lowest BCUT2D eigenvalue weighted by atomic mass is 9.97. The van der Waals surface area contributed by atoms with E-state index in [0.717, 1.165) is 44.3 Å². The Morgan fingerprint density at radius 1 is 1.39 bits per heavy atom. The largest absolute Gasteiger partial charge is 0.338 e. The Labute approximate surface area is 138 Å². The van der Waals surface area contributed by atoms with E-state index in [4.69, 9.17) is 0 Å². The average molecular weight is 339 g/mol. The molecular weight excluding hydrogens is 314 g/mol. The second kappa shape index (κ2) is 7.31. The predicted molar refractivity (Wildman–Crippen MR) is 92.2 cm³/mol. The third kappa shape index (κ3) is 4.94. The number of carbonyl (C=O) groups excluding carboxylic acids is 1. The summed E-state index contributed by atoms with van der Waals surface area (Å²) in [6.07, 6.45) is 3.23. The van der Waals surface area contributed by atoms with E-state index in [1.165, 1.54) is 0 Å². The molecule has 0 bridgehead atoms. The van der Waals surface area contributed by atoms with Crippen molar-refractivity contribution in [3.8, 4) is 0 Å². The summed E-state index contributed by atoms with van der Waals surface area (Å²) in [4.78, 5) is 14.6. The van der Waals surface area contributed by atoms with Crippen LogP contribution in [0.2, 0.25) is 0 Å². The van der Waals surface area contributed by atoms with Gasteiger partial charge in [0.15, 0.2) is 0 Å². The number of aryl methyl sites for hydroxylation is 1. The number of nitrogens with one attached hydrogen (secondary N) is 2. The molecule has 23 heavy (non-hydrogen) atoms. The van der Waals surface area contributed by atoms with Gasteiger partial charge in [0.25, 0.3) is 5.91 Å². The fourth-order valence-corrected chi connectivity index (χ4v) is 3.57. The third-order valence-electron chi connectivity index (χ3n) is 4.08. The highest BCUT2D eigenvalue weighted by Gasteiger charge is 2.24. The maximum absolute atomic E-state index is 12.7. The lowest BCUT2D eigenvalue weighted by Gasteiger charge is -2.33. The summed E-state index contributed by atoms with van der Waals surface area (Å²) in [6.45, 7) is 4.20. The van der Waals surface area contributed by atoms with E-state index in [0.29, 0.717) is 17.2 Å². The van der Waals surface area contributed by atoms with E-state index in [2.05, 4.69) is 10.0 Å². The van der Waals surface area contributed by atoms with Gasteiger partial charge < -0.3 is 10.2 Å².